The maximum absolute atomic E-state index is 4.46. The fourth-order valence-electron chi connectivity index (χ4n) is 1.46. The molecule has 4 nitrogen and oxygen atoms in total. The molecule has 5 heteroatoms. The number of halogens is 1. The van der Waals surface area contributed by atoms with Crippen LogP contribution in [-0.4, -0.2) is 16.5 Å². The maximum atomic E-state index is 4.46. The Morgan fingerprint density at radius 2 is 1.94 bits per heavy atom. The van der Waals surface area contributed by atoms with Gasteiger partial charge in [-0.15, -0.1) is 0 Å². The van der Waals surface area contributed by atoms with E-state index in [0.29, 0.717) is 0 Å². The van der Waals surface area contributed by atoms with Gasteiger partial charge >= 0.3 is 0 Å². The van der Waals surface area contributed by atoms with E-state index in [-0.39, 0.29) is 0 Å². The molecule has 0 aliphatic heterocycles. The first-order chi connectivity index (χ1) is 8.79. The Balaban J connectivity index is 2.12. The van der Waals surface area contributed by atoms with Crippen LogP contribution < -0.4 is 10.6 Å². The molecule has 0 saturated heterocycles. The monoisotopic (exact) mass is 354 g/mol. The molecule has 0 unspecified atom stereocenters. The fourth-order valence-corrected chi connectivity index (χ4v) is 1.99. The summed E-state index contributed by atoms with van der Waals surface area (Å²) < 4.78 is 1.16. The second-order valence-corrected chi connectivity index (χ2v) is 4.98. The van der Waals surface area contributed by atoms with Crippen LogP contribution in [0, 0.1) is 3.57 Å². The largest absolute Gasteiger partial charge is 0.369 e. The summed E-state index contributed by atoms with van der Waals surface area (Å²) in [4.78, 5) is 8.63. The predicted molar refractivity (Wildman–Crippen MR) is 83.3 cm³/mol. The fraction of sp³-hybridized carbons (Fsp3) is 0.231. The lowest BCUT2D eigenvalue weighted by Gasteiger charge is -2.09. The van der Waals surface area contributed by atoms with Crippen LogP contribution in [0.4, 0.5) is 17.3 Å². The Morgan fingerprint density at radius 3 is 2.72 bits per heavy atom. The average Bonchev–Trinajstić information content (AvgIpc) is 2.40. The van der Waals surface area contributed by atoms with Crippen LogP contribution in [0.2, 0.25) is 0 Å². The Hall–Kier alpha value is -1.37. The van der Waals surface area contributed by atoms with Gasteiger partial charge in [-0.05, 0) is 41.1 Å². The van der Waals surface area contributed by atoms with E-state index >= 15 is 0 Å². The van der Waals surface area contributed by atoms with Crippen molar-refractivity contribution in [2.24, 2.45) is 0 Å². The SMILES string of the molecule is CCCNc1cncc(Nc2ccccc2I)n1. The molecule has 1 aromatic heterocycles. The van der Waals surface area contributed by atoms with Crippen molar-refractivity contribution in [1.29, 1.82) is 0 Å². The van der Waals surface area contributed by atoms with Crippen LogP contribution in [0.5, 0.6) is 0 Å². The molecular formula is C13H15IN4. The maximum Gasteiger partial charge on any atom is 0.151 e. The van der Waals surface area contributed by atoms with Crippen LogP contribution in [0.1, 0.15) is 13.3 Å². The van der Waals surface area contributed by atoms with Crippen LogP contribution in [0.3, 0.4) is 0 Å². The van der Waals surface area contributed by atoms with Crippen molar-refractivity contribution < 1.29 is 0 Å². The van der Waals surface area contributed by atoms with Gasteiger partial charge in [-0.3, -0.25) is 4.98 Å². The number of nitrogens with one attached hydrogen (secondary N) is 2. The van der Waals surface area contributed by atoms with Crippen molar-refractivity contribution in [1.82, 2.24) is 9.97 Å². The van der Waals surface area contributed by atoms with E-state index in [1.165, 1.54) is 0 Å². The van der Waals surface area contributed by atoms with Crippen LogP contribution in [0.25, 0.3) is 0 Å². The molecule has 0 radical (unpaired) electrons. The van der Waals surface area contributed by atoms with E-state index in [1.807, 2.05) is 18.2 Å². The van der Waals surface area contributed by atoms with Crippen molar-refractivity contribution >= 4 is 39.9 Å². The summed E-state index contributed by atoms with van der Waals surface area (Å²) in [6.45, 7) is 3.02. The summed E-state index contributed by atoms with van der Waals surface area (Å²) in [7, 11) is 0. The van der Waals surface area contributed by atoms with Crippen molar-refractivity contribution in [2.75, 3.05) is 17.2 Å². The molecular weight excluding hydrogens is 339 g/mol. The lowest BCUT2D eigenvalue weighted by atomic mass is 10.3. The molecule has 2 N–H and O–H groups in total. The van der Waals surface area contributed by atoms with Crippen LogP contribution >= 0.6 is 22.6 Å². The molecule has 18 heavy (non-hydrogen) atoms. The number of anilines is 3. The molecule has 0 bridgehead atoms. The number of aromatic nitrogens is 2. The van der Waals surface area contributed by atoms with Crippen LogP contribution in [0.15, 0.2) is 36.7 Å². The number of benzene rings is 1. The van der Waals surface area contributed by atoms with E-state index in [1.54, 1.807) is 12.4 Å². The second-order valence-electron chi connectivity index (χ2n) is 3.82. The van der Waals surface area contributed by atoms with E-state index in [0.717, 1.165) is 33.9 Å². The third-order valence-electron chi connectivity index (χ3n) is 2.33. The van der Waals surface area contributed by atoms with Gasteiger partial charge in [-0.2, -0.15) is 0 Å². The van der Waals surface area contributed by atoms with Gasteiger partial charge in [-0.1, -0.05) is 19.1 Å². The molecule has 2 rings (SSSR count). The highest BCUT2D eigenvalue weighted by Gasteiger charge is 2.01. The Labute approximate surface area is 120 Å². The molecule has 0 amide bonds. The second kappa shape index (κ2) is 6.53. The first-order valence-electron chi connectivity index (χ1n) is 5.87. The summed E-state index contributed by atoms with van der Waals surface area (Å²) in [6, 6.07) is 8.08. The summed E-state index contributed by atoms with van der Waals surface area (Å²) in [5.74, 6) is 1.55. The molecule has 0 atom stereocenters. The molecule has 1 aromatic carbocycles. The molecule has 0 aliphatic rings. The standard InChI is InChI=1S/C13H15IN4/c1-2-7-16-12-8-15-9-13(18-12)17-11-6-4-3-5-10(11)14/h3-6,8-9H,2,7H2,1H3,(H2,16,17,18). The zero-order chi connectivity index (χ0) is 12.8. The Morgan fingerprint density at radius 1 is 1.17 bits per heavy atom. The van der Waals surface area contributed by atoms with E-state index in [4.69, 9.17) is 0 Å². The van der Waals surface area contributed by atoms with Crippen molar-refractivity contribution in [3.8, 4) is 0 Å². The number of hydrogen-bond donors (Lipinski definition) is 2. The molecule has 1 heterocycles. The lowest BCUT2D eigenvalue weighted by molar-refractivity contribution is 0.965. The quantitative estimate of drug-likeness (QED) is 0.805. The van der Waals surface area contributed by atoms with E-state index in [2.05, 4.69) is 56.2 Å². The number of hydrogen-bond acceptors (Lipinski definition) is 4. The van der Waals surface area contributed by atoms with E-state index < -0.39 is 0 Å². The summed E-state index contributed by atoms with van der Waals surface area (Å²) in [6.07, 6.45) is 4.52. The van der Waals surface area contributed by atoms with Gasteiger partial charge in [-0.25, -0.2) is 4.98 Å². The summed E-state index contributed by atoms with van der Waals surface area (Å²) >= 11 is 2.29. The zero-order valence-corrected chi connectivity index (χ0v) is 12.3. The highest BCUT2D eigenvalue weighted by atomic mass is 127. The van der Waals surface area contributed by atoms with Crippen molar-refractivity contribution in [3.63, 3.8) is 0 Å². The average molecular weight is 354 g/mol. The third-order valence-corrected chi connectivity index (χ3v) is 3.27. The minimum absolute atomic E-state index is 0.750. The predicted octanol–water partition coefficient (Wildman–Crippen LogP) is 3.65. The molecule has 0 spiro atoms. The lowest BCUT2D eigenvalue weighted by Crippen LogP contribution is -2.04. The summed E-state index contributed by atoms with van der Waals surface area (Å²) in [5, 5.41) is 6.49. The molecule has 0 fully saturated rings. The van der Waals surface area contributed by atoms with Crippen molar-refractivity contribution in [2.45, 2.75) is 13.3 Å². The molecule has 0 saturated carbocycles. The number of rotatable bonds is 5. The van der Waals surface area contributed by atoms with Gasteiger partial charge < -0.3 is 10.6 Å². The Bertz CT molecular complexity index is 516. The molecule has 0 aliphatic carbocycles. The van der Waals surface area contributed by atoms with Crippen molar-refractivity contribution in [3.05, 3.63) is 40.2 Å². The highest BCUT2D eigenvalue weighted by Crippen LogP contribution is 2.21. The molecule has 2 aromatic rings. The minimum atomic E-state index is 0.750. The minimum Gasteiger partial charge on any atom is -0.369 e. The third kappa shape index (κ3) is 3.56. The van der Waals surface area contributed by atoms with E-state index in [9.17, 15) is 0 Å². The first kappa shape index (κ1) is 13.1. The van der Waals surface area contributed by atoms with Gasteiger partial charge in [0.2, 0.25) is 0 Å². The first-order valence-corrected chi connectivity index (χ1v) is 6.95. The van der Waals surface area contributed by atoms with Gasteiger partial charge in [0.05, 0.1) is 18.1 Å². The number of para-hydroxylation sites is 1. The highest BCUT2D eigenvalue weighted by molar-refractivity contribution is 14.1. The zero-order valence-electron chi connectivity index (χ0n) is 10.2. The normalized spacial score (nSPS) is 10.1. The number of nitrogens with zero attached hydrogens (tertiary/aromatic N) is 2. The molecule has 94 valence electrons. The van der Waals surface area contributed by atoms with Gasteiger partial charge in [0.15, 0.2) is 5.82 Å². The topological polar surface area (TPSA) is 49.8 Å². The van der Waals surface area contributed by atoms with Gasteiger partial charge in [0.25, 0.3) is 0 Å². The Kier molecular flexibility index (Phi) is 4.74. The van der Waals surface area contributed by atoms with Gasteiger partial charge in [0.1, 0.15) is 5.82 Å². The van der Waals surface area contributed by atoms with Gasteiger partial charge in [0, 0.05) is 10.1 Å². The smallest absolute Gasteiger partial charge is 0.151 e. The van der Waals surface area contributed by atoms with Crippen LogP contribution in [-0.2, 0) is 0 Å². The summed E-state index contributed by atoms with van der Waals surface area (Å²) in [5.41, 5.74) is 1.04.